The van der Waals surface area contributed by atoms with Crippen molar-refractivity contribution >= 4 is 0 Å². The molecule has 0 spiro atoms. The van der Waals surface area contributed by atoms with Gasteiger partial charge >= 0.3 is 0 Å². The molecule has 16 heavy (non-hydrogen) atoms. The second-order valence-corrected chi connectivity index (χ2v) is 5.07. The Morgan fingerprint density at radius 1 is 1.19 bits per heavy atom. The summed E-state index contributed by atoms with van der Waals surface area (Å²) in [4.78, 5) is 0. The van der Waals surface area contributed by atoms with Crippen molar-refractivity contribution in [2.75, 3.05) is 33.0 Å². The molecule has 0 aliphatic carbocycles. The van der Waals surface area contributed by atoms with Gasteiger partial charge in [-0.15, -0.1) is 0 Å². The first-order valence-corrected chi connectivity index (χ1v) is 6.84. The molecule has 2 rings (SSSR count). The first-order valence-electron chi connectivity index (χ1n) is 6.84. The topological polar surface area (TPSA) is 30.5 Å². The lowest BCUT2D eigenvalue weighted by Gasteiger charge is -2.21. The van der Waals surface area contributed by atoms with Crippen molar-refractivity contribution in [1.82, 2.24) is 5.32 Å². The first-order chi connectivity index (χ1) is 7.95. The number of rotatable bonds is 6. The quantitative estimate of drug-likeness (QED) is 0.704. The van der Waals surface area contributed by atoms with E-state index in [1.54, 1.807) is 0 Å². The lowest BCUT2D eigenvalue weighted by Crippen LogP contribution is -2.22. The molecule has 1 unspecified atom stereocenters. The van der Waals surface area contributed by atoms with Crippen LogP contribution in [-0.4, -0.2) is 39.0 Å². The number of ether oxygens (including phenoxy) is 2. The van der Waals surface area contributed by atoms with E-state index in [0.717, 1.165) is 38.4 Å². The molecule has 2 saturated heterocycles. The molecule has 0 saturated carbocycles. The summed E-state index contributed by atoms with van der Waals surface area (Å²) >= 11 is 0. The van der Waals surface area contributed by atoms with Gasteiger partial charge in [-0.1, -0.05) is 0 Å². The SMILES string of the molecule is C1CNC(CCCOCC2CCOCC2)C1. The summed E-state index contributed by atoms with van der Waals surface area (Å²) in [6, 6.07) is 0.770. The molecule has 94 valence electrons. The van der Waals surface area contributed by atoms with Gasteiger partial charge in [0.2, 0.25) is 0 Å². The summed E-state index contributed by atoms with van der Waals surface area (Å²) in [5, 5.41) is 3.52. The standard InChI is InChI=1S/C13H25NO2/c1-3-13(14-7-1)4-2-8-16-11-12-5-9-15-10-6-12/h12-14H,1-11H2. The van der Waals surface area contributed by atoms with Crippen molar-refractivity contribution in [3.8, 4) is 0 Å². The zero-order valence-corrected chi connectivity index (χ0v) is 10.2. The Labute approximate surface area is 98.9 Å². The summed E-state index contributed by atoms with van der Waals surface area (Å²) in [7, 11) is 0. The fourth-order valence-corrected chi connectivity index (χ4v) is 2.60. The highest BCUT2D eigenvalue weighted by Crippen LogP contribution is 2.15. The maximum Gasteiger partial charge on any atom is 0.0495 e. The van der Waals surface area contributed by atoms with Crippen molar-refractivity contribution in [2.24, 2.45) is 5.92 Å². The van der Waals surface area contributed by atoms with Crippen LogP contribution in [0.2, 0.25) is 0 Å². The molecule has 0 radical (unpaired) electrons. The minimum Gasteiger partial charge on any atom is -0.381 e. The number of hydrogen-bond acceptors (Lipinski definition) is 3. The minimum atomic E-state index is 0.748. The van der Waals surface area contributed by atoms with Gasteiger partial charge in [-0.2, -0.15) is 0 Å². The fourth-order valence-electron chi connectivity index (χ4n) is 2.60. The van der Waals surface area contributed by atoms with Crippen LogP contribution in [0.15, 0.2) is 0 Å². The van der Waals surface area contributed by atoms with E-state index in [0.29, 0.717) is 0 Å². The van der Waals surface area contributed by atoms with E-state index in [4.69, 9.17) is 9.47 Å². The van der Waals surface area contributed by atoms with Gasteiger partial charge in [0.15, 0.2) is 0 Å². The molecule has 0 aromatic rings. The average molecular weight is 227 g/mol. The van der Waals surface area contributed by atoms with Crippen LogP contribution in [0, 0.1) is 5.92 Å². The van der Waals surface area contributed by atoms with Gasteiger partial charge in [0, 0.05) is 32.5 Å². The molecule has 0 aromatic heterocycles. The van der Waals surface area contributed by atoms with E-state index >= 15 is 0 Å². The zero-order valence-electron chi connectivity index (χ0n) is 10.2. The van der Waals surface area contributed by atoms with E-state index < -0.39 is 0 Å². The second-order valence-electron chi connectivity index (χ2n) is 5.07. The van der Waals surface area contributed by atoms with E-state index in [-0.39, 0.29) is 0 Å². The fraction of sp³-hybridized carbons (Fsp3) is 1.00. The van der Waals surface area contributed by atoms with Crippen LogP contribution in [0.3, 0.4) is 0 Å². The van der Waals surface area contributed by atoms with Crippen LogP contribution in [0.25, 0.3) is 0 Å². The minimum absolute atomic E-state index is 0.748. The van der Waals surface area contributed by atoms with Crippen LogP contribution < -0.4 is 5.32 Å². The zero-order chi connectivity index (χ0) is 11.1. The molecule has 0 amide bonds. The van der Waals surface area contributed by atoms with Gasteiger partial charge in [-0.25, -0.2) is 0 Å². The summed E-state index contributed by atoms with van der Waals surface area (Å²) in [5.74, 6) is 0.748. The molecular formula is C13H25NO2. The van der Waals surface area contributed by atoms with Gasteiger partial charge in [-0.3, -0.25) is 0 Å². The monoisotopic (exact) mass is 227 g/mol. The maximum atomic E-state index is 5.75. The molecular weight excluding hydrogens is 202 g/mol. The van der Waals surface area contributed by atoms with Crippen molar-refractivity contribution < 1.29 is 9.47 Å². The first kappa shape index (κ1) is 12.3. The largest absolute Gasteiger partial charge is 0.381 e. The molecule has 2 fully saturated rings. The van der Waals surface area contributed by atoms with E-state index in [1.165, 1.54) is 45.1 Å². The Kier molecular flexibility index (Phi) is 5.59. The van der Waals surface area contributed by atoms with Crippen LogP contribution in [0.1, 0.15) is 38.5 Å². The van der Waals surface area contributed by atoms with E-state index in [1.807, 2.05) is 0 Å². The number of hydrogen-bond donors (Lipinski definition) is 1. The maximum absolute atomic E-state index is 5.75. The van der Waals surface area contributed by atoms with Gasteiger partial charge in [-0.05, 0) is 51.0 Å². The highest BCUT2D eigenvalue weighted by Gasteiger charge is 2.15. The molecule has 2 aliphatic rings. The second kappa shape index (κ2) is 7.25. The highest BCUT2D eigenvalue weighted by atomic mass is 16.5. The molecule has 0 aromatic carbocycles. The van der Waals surface area contributed by atoms with Gasteiger partial charge in [0.1, 0.15) is 0 Å². The van der Waals surface area contributed by atoms with Crippen molar-refractivity contribution in [1.29, 1.82) is 0 Å². The molecule has 2 aliphatic heterocycles. The van der Waals surface area contributed by atoms with Crippen molar-refractivity contribution in [3.63, 3.8) is 0 Å². The summed E-state index contributed by atoms with van der Waals surface area (Å²) < 4.78 is 11.1. The predicted octanol–water partition coefficient (Wildman–Crippen LogP) is 1.96. The smallest absolute Gasteiger partial charge is 0.0495 e. The van der Waals surface area contributed by atoms with Crippen LogP contribution in [0.5, 0.6) is 0 Å². The molecule has 1 atom stereocenters. The Morgan fingerprint density at radius 3 is 2.81 bits per heavy atom. The van der Waals surface area contributed by atoms with Gasteiger partial charge in [0.25, 0.3) is 0 Å². The lowest BCUT2D eigenvalue weighted by atomic mass is 10.0. The Balaban J connectivity index is 1.42. The average Bonchev–Trinajstić information content (AvgIpc) is 2.83. The van der Waals surface area contributed by atoms with Crippen LogP contribution in [-0.2, 0) is 9.47 Å². The van der Waals surface area contributed by atoms with E-state index in [2.05, 4.69) is 5.32 Å². The third-order valence-corrected chi connectivity index (χ3v) is 3.70. The third-order valence-electron chi connectivity index (χ3n) is 3.70. The van der Waals surface area contributed by atoms with Crippen LogP contribution in [0.4, 0.5) is 0 Å². The third kappa shape index (κ3) is 4.40. The van der Waals surface area contributed by atoms with E-state index in [9.17, 15) is 0 Å². The normalized spacial score (nSPS) is 27.4. The lowest BCUT2D eigenvalue weighted by molar-refractivity contribution is 0.0196. The molecule has 2 heterocycles. The van der Waals surface area contributed by atoms with Crippen molar-refractivity contribution in [2.45, 2.75) is 44.6 Å². The highest BCUT2D eigenvalue weighted by molar-refractivity contribution is 4.73. The molecule has 3 heteroatoms. The predicted molar refractivity (Wildman–Crippen MR) is 64.6 cm³/mol. The van der Waals surface area contributed by atoms with Gasteiger partial charge < -0.3 is 14.8 Å². The number of nitrogens with one attached hydrogen (secondary N) is 1. The Morgan fingerprint density at radius 2 is 2.06 bits per heavy atom. The molecule has 0 bridgehead atoms. The molecule has 1 N–H and O–H groups in total. The Bertz CT molecular complexity index is 175. The summed E-state index contributed by atoms with van der Waals surface area (Å²) in [5.41, 5.74) is 0. The molecule has 3 nitrogen and oxygen atoms in total. The Hall–Kier alpha value is -0.120. The van der Waals surface area contributed by atoms with Crippen molar-refractivity contribution in [3.05, 3.63) is 0 Å². The van der Waals surface area contributed by atoms with Crippen LogP contribution >= 0.6 is 0 Å². The summed E-state index contributed by atoms with van der Waals surface area (Å²) in [6.45, 7) is 4.96. The van der Waals surface area contributed by atoms with Gasteiger partial charge in [0.05, 0.1) is 0 Å². The summed E-state index contributed by atoms with van der Waals surface area (Å²) in [6.07, 6.45) is 7.58.